The second-order valence-electron chi connectivity index (χ2n) is 28.9. The summed E-state index contributed by atoms with van der Waals surface area (Å²) in [7, 11) is 0. The predicted molar refractivity (Wildman–Crippen MR) is 446 cm³/mol. The molecule has 1 N–H and O–H groups in total. The molecule has 16 aromatic carbocycles. The van der Waals surface area contributed by atoms with Crippen LogP contribution < -0.4 is 10.2 Å². The number of fused-ring (bicyclic) bond motifs is 16. The number of halogens is 1. The maximum atomic E-state index is 6.34. The summed E-state index contributed by atoms with van der Waals surface area (Å²) in [5.74, 6) is 0. The van der Waals surface area contributed by atoms with E-state index in [4.69, 9.17) is 8.83 Å². The van der Waals surface area contributed by atoms with Gasteiger partial charge in [0.1, 0.15) is 22.3 Å². The van der Waals surface area contributed by atoms with Gasteiger partial charge in [0.2, 0.25) is 0 Å². The van der Waals surface area contributed by atoms with Gasteiger partial charge in [-0.3, -0.25) is 0 Å². The van der Waals surface area contributed by atoms with Gasteiger partial charge in [0.05, 0.1) is 0 Å². The van der Waals surface area contributed by atoms with Crippen molar-refractivity contribution in [3.63, 3.8) is 0 Å². The predicted octanol–water partition coefficient (Wildman–Crippen LogP) is 29.4. The van der Waals surface area contributed by atoms with Crippen molar-refractivity contribution in [3.8, 4) is 66.8 Å². The molecule has 2 aliphatic heterocycles. The average Bonchev–Trinajstić information content (AvgIpc) is 1.66. The van der Waals surface area contributed by atoms with Crippen LogP contribution in [0.1, 0.15) is 49.9 Å². The highest BCUT2D eigenvalue weighted by atomic mass is 79.9. The number of nitrogens with one attached hydrogen (secondary N) is 1. The van der Waals surface area contributed by atoms with Gasteiger partial charge in [0, 0.05) is 108 Å². The second-order valence-corrected chi connectivity index (χ2v) is 32.0. The van der Waals surface area contributed by atoms with Crippen LogP contribution in [0.25, 0.3) is 132 Å². The molecule has 0 atom stereocenters. The molecule has 0 amide bonds. The molecule has 4 nitrogen and oxygen atoms in total. The van der Waals surface area contributed by atoms with E-state index in [1.165, 1.54) is 130 Å². The van der Waals surface area contributed by atoms with E-state index >= 15 is 0 Å². The normalized spacial score (nSPS) is 13.5. The fourth-order valence-corrected chi connectivity index (χ4v) is 19.4. The molecule has 0 bridgehead atoms. The van der Waals surface area contributed by atoms with E-state index in [0.717, 1.165) is 76.8 Å². The summed E-state index contributed by atoms with van der Waals surface area (Å²) in [4.78, 5) is 7.70. The first-order valence-electron chi connectivity index (χ1n) is 35.8. The molecule has 2 aliphatic carbocycles. The zero-order valence-electron chi connectivity index (χ0n) is 58.1. The molecule has 0 saturated heterocycles. The van der Waals surface area contributed by atoms with Gasteiger partial charge in [-0.15, -0.1) is 0 Å². The highest BCUT2D eigenvalue weighted by Crippen LogP contribution is 2.56. The van der Waals surface area contributed by atoms with Gasteiger partial charge in [0.25, 0.3) is 0 Å². The summed E-state index contributed by atoms with van der Waals surface area (Å²) in [5.41, 5.74) is 30.1. The highest BCUT2D eigenvalue weighted by molar-refractivity contribution is 9.10. The standard InChI is InChI=1S/C49H33NOS.C31H21BrS.C18H13NO/c1-49(2)42-27-32(31-19-25-46-41(26-31)40-15-8-10-30-11-9-17-47(52-46)48(30)40)18-22-36(42)37-23-20-34(28-43(37)49)50(33-12-4-3-5-13-33)35-21-24-39-38-14-6-7-16-44(38)51-45(39)29-35;1-31(2)26-16-20(9-12-22(26)23-13-11-21(32)17-27(23)31)19-10-14-28-25(15-19)24-7-3-5-18-6-4-8-29(33-28)30(18)24;1-2-6-13(7-3-1)19-14-10-11-16-15-8-4-5-9-17(15)20-18(16)12-14/h3-29H,1-2H3;3-17H,1-2H3;1-12,19H. The number of benzene rings is 16. The van der Waals surface area contributed by atoms with E-state index < -0.39 is 0 Å². The van der Waals surface area contributed by atoms with E-state index in [-0.39, 0.29) is 10.8 Å². The maximum Gasteiger partial charge on any atom is 0.137 e. The number of rotatable bonds is 7. The lowest BCUT2D eigenvalue weighted by Crippen LogP contribution is -2.16. The molecule has 2 aromatic heterocycles. The molecule has 0 radical (unpaired) electrons. The van der Waals surface area contributed by atoms with Gasteiger partial charge in [0.15, 0.2) is 0 Å². The molecule has 18 aromatic rings. The summed E-state index contributed by atoms with van der Waals surface area (Å²) in [6, 6.07) is 118. The van der Waals surface area contributed by atoms with E-state index in [1.807, 2.05) is 90.3 Å². The van der Waals surface area contributed by atoms with Crippen molar-refractivity contribution in [2.45, 2.75) is 58.1 Å². The third-order valence-corrected chi connectivity index (χ3v) is 24.8. The van der Waals surface area contributed by atoms with Crippen molar-refractivity contribution in [1.29, 1.82) is 0 Å². The Hall–Kier alpha value is -11.6. The fourth-order valence-electron chi connectivity index (χ4n) is 16.8. The number of hydrogen-bond donors (Lipinski definition) is 1. The lowest BCUT2D eigenvalue weighted by Gasteiger charge is -2.28. The Morgan fingerprint density at radius 3 is 1.29 bits per heavy atom. The highest BCUT2D eigenvalue weighted by Gasteiger charge is 2.38. The van der Waals surface area contributed by atoms with E-state index in [0.29, 0.717) is 0 Å². The van der Waals surface area contributed by atoms with Crippen LogP contribution in [0.15, 0.2) is 360 Å². The fraction of sp³-hybridized carbons (Fsp3) is 0.0612. The molecule has 4 aliphatic rings. The topological polar surface area (TPSA) is 41.6 Å². The summed E-state index contributed by atoms with van der Waals surface area (Å²) in [5, 5.41) is 13.3. The van der Waals surface area contributed by atoms with Crippen LogP contribution in [-0.2, 0) is 10.8 Å². The molecular formula is C98H67BrN2O2S2. The molecule has 7 heteroatoms. The summed E-state index contributed by atoms with van der Waals surface area (Å²) >= 11 is 7.44. The largest absolute Gasteiger partial charge is 0.456 e. The first-order chi connectivity index (χ1) is 51.4. The third kappa shape index (κ3) is 10.6. The molecule has 4 heterocycles. The van der Waals surface area contributed by atoms with Crippen LogP contribution in [0.3, 0.4) is 0 Å². The molecular weight excluding hydrogens is 1380 g/mol. The molecule has 22 rings (SSSR count). The minimum absolute atomic E-state index is 0.0148. The van der Waals surface area contributed by atoms with Gasteiger partial charge in [-0.25, -0.2) is 0 Å². The first kappa shape index (κ1) is 63.1. The van der Waals surface area contributed by atoms with Crippen LogP contribution >= 0.6 is 39.5 Å². The van der Waals surface area contributed by atoms with Crippen LogP contribution in [0.5, 0.6) is 0 Å². The summed E-state index contributed by atoms with van der Waals surface area (Å²) in [6.07, 6.45) is 0. The van der Waals surface area contributed by atoms with Crippen LogP contribution in [0.4, 0.5) is 28.4 Å². The van der Waals surface area contributed by atoms with Gasteiger partial charge in [-0.05, 0) is 233 Å². The van der Waals surface area contributed by atoms with Crippen LogP contribution in [0, 0.1) is 0 Å². The monoisotopic (exact) mass is 1450 g/mol. The van der Waals surface area contributed by atoms with Crippen LogP contribution in [-0.4, -0.2) is 0 Å². The molecule has 0 fully saturated rings. The lowest BCUT2D eigenvalue weighted by atomic mass is 9.81. The van der Waals surface area contributed by atoms with Gasteiger partial charge < -0.3 is 19.1 Å². The van der Waals surface area contributed by atoms with Gasteiger partial charge in [-0.2, -0.15) is 0 Å². The third-order valence-electron chi connectivity index (χ3n) is 22.0. The lowest BCUT2D eigenvalue weighted by molar-refractivity contribution is 0.660. The first-order valence-corrected chi connectivity index (χ1v) is 38.3. The quantitative estimate of drug-likeness (QED) is 0.172. The molecule has 0 saturated carbocycles. The molecule has 500 valence electrons. The van der Waals surface area contributed by atoms with Crippen molar-refractivity contribution in [2.24, 2.45) is 0 Å². The zero-order chi connectivity index (χ0) is 70.2. The molecule has 105 heavy (non-hydrogen) atoms. The van der Waals surface area contributed by atoms with E-state index in [2.05, 4.69) is 315 Å². The number of anilines is 5. The Morgan fingerprint density at radius 2 is 0.714 bits per heavy atom. The second kappa shape index (κ2) is 24.8. The van der Waals surface area contributed by atoms with Gasteiger partial charge >= 0.3 is 0 Å². The van der Waals surface area contributed by atoms with Crippen LogP contribution in [0.2, 0.25) is 0 Å². The maximum absolute atomic E-state index is 6.34. The Balaban J connectivity index is 0.000000117. The number of para-hydroxylation sites is 4. The van der Waals surface area contributed by atoms with Gasteiger partial charge in [-0.1, -0.05) is 249 Å². The SMILES string of the molecule is CC1(C)c2cc(-c3ccc4c(c3)-c3cccc5cccc(c35)S4)ccc2-c2ccc(N(c3ccccc3)c3ccc4c(c3)oc3ccccc34)cc21.CC1(C)c2cc(Br)ccc2-c2ccc(-c3ccc4c(c3)-c3cccc5cccc(c35)S4)cc21.c1ccc(Nc2ccc3c(c2)oc2ccccc23)cc1. The van der Waals surface area contributed by atoms with E-state index in [1.54, 1.807) is 0 Å². The van der Waals surface area contributed by atoms with Crippen molar-refractivity contribution >= 4 is 133 Å². The molecule has 0 unspecified atom stereocenters. The van der Waals surface area contributed by atoms with Crippen molar-refractivity contribution in [2.75, 3.05) is 10.2 Å². The summed E-state index contributed by atoms with van der Waals surface area (Å²) < 4.78 is 13.4. The average molecular weight is 1450 g/mol. The van der Waals surface area contributed by atoms with E-state index in [9.17, 15) is 0 Å². The summed E-state index contributed by atoms with van der Waals surface area (Å²) in [6.45, 7) is 9.43. The Kier molecular flexibility index (Phi) is 14.9. The zero-order valence-corrected chi connectivity index (χ0v) is 61.4. The van der Waals surface area contributed by atoms with Crippen molar-refractivity contribution < 1.29 is 8.83 Å². The Labute approximate surface area is 626 Å². The number of furan rings is 2. The Morgan fingerprint density at radius 1 is 0.286 bits per heavy atom. The van der Waals surface area contributed by atoms with Crippen molar-refractivity contribution in [3.05, 3.63) is 354 Å². The smallest absolute Gasteiger partial charge is 0.137 e. The minimum Gasteiger partial charge on any atom is -0.456 e. The Bertz CT molecular complexity index is 6600. The molecule has 0 spiro atoms. The minimum atomic E-state index is -0.184. The van der Waals surface area contributed by atoms with Crippen molar-refractivity contribution in [1.82, 2.24) is 0 Å². The number of hydrogen-bond acceptors (Lipinski definition) is 6. The number of nitrogens with zero attached hydrogens (tertiary/aromatic N) is 1.